The van der Waals surface area contributed by atoms with Crippen molar-refractivity contribution in [3.05, 3.63) is 60.2 Å². The summed E-state index contributed by atoms with van der Waals surface area (Å²) in [6, 6.07) is 13.6. The van der Waals surface area contributed by atoms with Gasteiger partial charge in [0.25, 0.3) is 16.0 Å². The van der Waals surface area contributed by atoms with Gasteiger partial charge in [0.2, 0.25) is 0 Å². The number of carbonyl (C=O) groups is 1. The van der Waals surface area contributed by atoms with E-state index in [0.717, 1.165) is 6.07 Å². The first-order chi connectivity index (χ1) is 11.8. The fraction of sp³-hybridized carbons (Fsp3) is 0. The van der Waals surface area contributed by atoms with Gasteiger partial charge < -0.3 is 16.2 Å². The largest absolute Gasteiger partial charge is 0.505 e. The number of amides is 1. The third kappa shape index (κ3) is 3.25. The molecule has 0 spiro atoms. The van der Waals surface area contributed by atoms with Crippen molar-refractivity contribution in [3.63, 3.8) is 0 Å². The molecule has 3 aromatic rings. The molecule has 0 heterocycles. The number of carbonyl (C=O) groups excluding carboxylic acids is 1. The zero-order valence-electron chi connectivity index (χ0n) is 12.8. The summed E-state index contributed by atoms with van der Waals surface area (Å²) in [6.45, 7) is 0. The van der Waals surface area contributed by atoms with Crippen molar-refractivity contribution in [2.24, 2.45) is 0 Å². The van der Waals surface area contributed by atoms with Crippen LogP contribution in [0.3, 0.4) is 0 Å². The van der Waals surface area contributed by atoms with Crippen LogP contribution in [0.15, 0.2) is 59.5 Å². The van der Waals surface area contributed by atoms with Crippen molar-refractivity contribution in [1.82, 2.24) is 0 Å². The molecule has 0 aromatic heterocycles. The van der Waals surface area contributed by atoms with E-state index in [9.17, 15) is 18.3 Å². The standard InChI is InChI=1S/C17H14N2O5S/c18-15-13-7-6-12(25(22,23)24)8-10(13)9-14(16(15)20)17(21)19-11-4-2-1-3-5-11/h1-9,20H,18H2,(H,19,21)(H,22,23,24). The number of para-hydroxylation sites is 1. The summed E-state index contributed by atoms with van der Waals surface area (Å²) < 4.78 is 31.7. The summed E-state index contributed by atoms with van der Waals surface area (Å²) in [5.74, 6) is -1.00. The number of nitrogens with two attached hydrogens (primary N) is 1. The molecule has 7 nitrogen and oxygen atoms in total. The number of phenolic OH excluding ortho intramolecular Hbond substituents is 1. The molecule has 0 saturated carbocycles. The number of nitrogens with one attached hydrogen (secondary N) is 1. The van der Waals surface area contributed by atoms with Crippen LogP contribution in [0.2, 0.25) is 0 Å². The highest BCUT2D eigenvalue weighted by Gasteiger charge is 2.18. The predicted octanol–water partition coefficient (Wildman–Crippen LogP) is 2.63. The number of fused-ring (bicyclic) bond motifs is 1. The van der Waals surface area contributed by atoms with E-state index in [1.165, 1.54) is 18.2 Å². The zero-order chi connectivity index (χ0) is 18.2. The fourth-order valence-corrected chi connectivity index (χ4v) is 2.97. The molecular formula is C17H14N2O5S. The SMILES string of the molecule is Nc1c(O)c(C(=O)Nc2ccccc2)cc2cc(S(=O)(=O)O)ccc12. The number of anilines is 2. The molecule has 8 heteroatoms. The number of phenols is 1. The van der Waals surface area contributed by atoms with E-state index in [4.69, 9.17) is 10.3 Å². The molecule has 0 saturated heterocycles. The molecule has 3 rings (SSSR count). The highest BCUT2D eigenvalue weighted by Crippen LogP contribution is 2.35. The van der Waals surface area contributed by atoms with E-state index in [1.54, 1.807) is 30.3 Å². The van der Waals surface area contributed by atoms with Gasteiger partial charge in [-0.05, 0) is 35.7 Å². The molecule has 5 N–H and O–H groups in total. The Hall–Kier alpha value is -3.10. The maximum Gasteiger partial charge on any atom is 0.294 e. The van der Waals surface area contributed by atoms with Crippen molar-refractivity contribution >= 4 is 38.2 Å². The molecule has 0 unspecified atom stereocenters. The Morgan fingerprint density at radius 2 is 1.72 bits per heavy atom. The molecule has 0 aliphatic heterocycles. The molecular weight excluding hydrogens is 344 g/mol. The van der Waals surface area contributed by atoms with E-state index < -0.39 is 21.8 Å². The number of aromatic hydroxyl groups is 1. The number of hydrogen-bond acceptors (Lipinski definition) is 5. The minimum atomic E-state index is -4.40. The lowest BCUT2D eigenvalue weighted by Gasteiger charge is -2.12. The topological polar surface area (TPSA) is 130 Å². The van der Waals surface area contributed by atoms with Crippen LogP contribution in [-0.4, -0.2) is 24.0 Å². The molecule has 0 aliphatic rings. The van der Waals surface area contributed by atoms with Crippen LogP contribution in [0.5, 0.6) is 5.75 Å². The lowest BCUT2D eigenvalue weighted by atomic mass is 10.0. The van der Waals surface area contributed by atoms with Gasteiger partial charge in [-0.2, -0.15) is 8.42 Å². The summed E-state index contributed by atoms with van der Waals surface area (Å²) in [5.41, 5.74) is 6.23. The van der Waals surface area contributed by atoms with Gasteiger partial charge in [0.1, 0.15) is 0 Å². The van der Waals surface area contributed by atoms with Crippen molar-refractivity contribution in [2.45, 2.75) is 4.90 Å². The normalized spacial score (nSPS) is 11.4. The van der Waals surface area contributed by atoms with Crippen LogP contribution in [0, 0.1) is 0 Å². The Labute approximate surface area is 143 Å². The third-order valence-electron chi connectivity index (χ3n) is 3.70. The molecule has 3 aromatic carbocycles. The molecule has 0 radical (unpaired) electrons. The first-order valence-corrected chi connectivity index (χ1v) is 8.60. The average molecular weight is 358 g/mol. The predicted molar refractivity (Wildman–Crippen MR) is 94.2 cm³/mol. The van der Waals surface area contributed by atoms with E-state index in [0.29, 0.717) is 16.5 Å². The summed E-state index contributed by atoms with van der Waals surface area (Å²) in [5, 5.41) is 13.5. The average Bonchev–Trinajstić information content (AvgIpc) is 2.57. The number of nitrogen functional groups attached to an aromatic ring is 1. The van der Waals surface area contributed by atoms with E-state index in [2.05, 4.69) is 5.32 Å². The molecule has 128 valence electrons. The Balaban J connectivity index is 2.11. The number of hydrogen-bond donors (Lipinski definition) is 4. The van der Waals surface area contributed by atoms with Crippen LogP contribution in [0.4, 0.5) is 11.4 Å². The smallest absolute Gasteiger partial charge is 0.294 e. The van der Waals surface area contributed by atoms with Crippen LogP contribution >= 0.6 is 0 Å². The molecule has 0 bridgehead atoms. The van der Waals surface area contributed by atoms with Gasteiger partial charge in [0.05, 0.1) is 16.1 Å². The lowest BCUT2D eigenvalue weighted by molar-refractivity contribution is 0.102. The monoisotopic (exact) mass is 358 g/mol. The molecule has 0 atom stereocenters. The van der Waals surface area contributed by atoms with Crippen molar-refractivity contribution in [3.8, 4) is 5.75 Å². The summed E-state index contributed by atoms with van der Waals surface area (Å²) in [4.78, 5) is 12.1. The highest BCUT2D eigenvalue weighted by atomic mass is 32.2. The molecule has 0 aliphatic carbocycles. The molecule has 0 fully saturated rings. The minimum absolute atomic E-state index is 0.0578. The van der Waals surface area contributed by atoms with Gasteiger partial charge in [0.15, 0.2) is 5.75 Å². The second-order valence-electron chi connectivity index (χ2n) is 5.36. The summed E-state index contributed by atoms with van der Waals surface area (Å²) in [6.07, 6.45) is 0. The minimum Gasteiger partial charge on any atom is -0.505 e. The van der Waals surface area contributed by atoms with Gasteiger partial charge in [-0.15, -0.1) is 0 Å². The fourth-order valence-electron chi connectivity index (χ4n) is 2.46. The van der Waals surface area contributed by atoms with Gasteiger partial charge in [-0.25, -0.2) is 0 Å². The second kappa shape index (κ2) is 6.08. The first kappa shape index (κ1) is 16.7. The summed E-state index contributed by atoms with van der Waals surface area (Å²) in [7, 11) is -4.40. The quantitative estimate of drug-likeness (QED) is 0.323. The van der Waals surface area contributed by atoms with Gasteiger partial charge >= 0.3 is 0 Å². The molecule has 1 amide bonds. The van der Waals surface area contributed by atoms with E-state index in [-0.39, 0.29) is 16.1 Å². The maximum absolute atomic E-state index is 12.4. The highest BCUT2D eigenvalue weighted by molar-refractivity contribution is 7.85. The Morgan fingerprint density at radius 1 is 1.04 bits per heavy atom. The van der Waals surface area contributed by atoms with Gasteiger partial charge in [-0.1, -0.05) is 24.3 Å². The lowest BCUT2D eigenvalue weighted by Crippen LogP contribution is -2.13. The summed E-state index contributed by atoms with van der Waals surface area (Å²) >= 11 is 0. The van der Waals surface area contributed by atoms with Crippen molar-refractivity contribution < 1.29 is 22.9 Å². The van der Waals surface area contributed by atoms with E-state index in [1.807, 2.05) is 0 Å². The first-order valence-electron chi connectivity index (χ1n) is 7.16. The molecule has 25 heavy (non-hydrogen) atoms. The van der Waals surface area contributed by atoms with Gasteiger partial charge in [-0.3, -0.25) is 9.35 Å². The number of benzene rings is 3. The van der Waals surface area contributed by atoms with E-state index >= 15 is 0 Å². The zero-order valence-corrected chi connectivity index (χ0v) is 13.6. The van der Waals surface area contributed by atoms with Crippen LogP contribution in [0.1, 0.15) is 10.4 Å². The second-order valence-corrected chi connectivity index (χ2v) is 6.79. The Morgan fingerprint density at radius 3 is 2.36 bits per heavy atom. The maximum atomic E-state index is 12.4. The van der Waals surface area contributed by atoms with Crippen LogP contribution in [-0.2, 0) is 10.1 Å². The van der Waals surface area contributed by atoms with Crippen molar-refractivity contribution in [2.75, 3.05) is 11.1 Å². The number of rotatable bonds is 3. The van der Waals surface area contributed by atoms with Crippen LogP contribution in [0.25, 0.3) is 10.8 Å². The van der Waals surface area contributed by atoms with Crippen molar-refractivity contribution in [1.29, 1.82) is 0 Å². The van der Waals surface area contributed by atoms with Gasteiger partial charge in [0, 0.05) is 11.1 Å². The Kier molecular flexibility index (Phi) is 4.07. The third-order valence-corrected chi connectivity index (χ3v) is 4.55. The Bertz CT molecular complexity index is 1080. The van der Waals surface area contributed by atoms with Crippen LogP contribution < -0.4 is 11.1 Å².